The summed E-state index contributed by atoms with van der Waals surface area (Å²) in [5, 5.41) is 4.92. The lowest BCUT2D eigenvalue weighted by molar-refractivity contribution is 0.186. The fourth-order valence-corrected chi connectivity index (χ4v) is 3.18. The van der Waals surface area contributed by atoms with Gasteiger partial charge < -0.3 is 15.8 Å². The number of H-pyrrole nitrogens is 1. The first-order valence-corrected chi connectivity index (χ1v) is 7.78. The van der Waals surface area contributed by atoms with Gasteiger partial charge in [0.2, 0.25) is 0 Å². The second-order valence-electron chi connectivity index (χ2n) is 4.25. The Morgan fingerprint density at radius 1 is 1.52 bits per heavy atom. The first-order valence-electron chi connectivity index (χ1n) is 6.11. The molecule has 0 aliphatic heterocycles. The third-order valence-corrected chi connectivity index (χ3v) is 4.52. The number of aromatic amines is 1. The maximum Gasteiger partial charge on any atom is 0.330 e. The second-order valence-corrected chi connectivity index (χ2v) is 6.16. The van der Waals surface area contributed by atoms with Crippen LogP contribution in [0.4, 0.5) is 11.5 Å². The predicted molar refractivity (Wildman–Crippen MR) is 87.0 cm³/mol. The summed E-state index contributed by atoms with van der Waals surface area (Å²) in [6.45, 7) is 1.05. The average molecular weight is 375 g/mol. The summed E-state index contributed by atoms with van der Waals surface area (Å²) >= 11 is 4.92. The maximum absolute atomic E-state index is 11.9. The first kappa shape index (κ1) is 15.8. The van der Waals surface area contributed by atoms with Gasteiger partial charge in [-0.15, -0.1) is 11.3 Å². The van der Waals surface area contributed by atoms with Crippen LogP contribution < -0.4 is 22.3 Å². The van der Waals surface area contributed by atoms with Crippen molar-refractivity contribution >= 4 is 38.8 Å². The molecule has 0 atom stereocenters. The van der Waals surface area contributed by atoms with E-state index in [9.17, 15) is 9.59 Å². The first-order chi connectivity index (χ1) is 10.0. The highest BCUT2D eigenvalue weighted by molar-refractivity contribution is 9.10. The minimum atomic E-state index is -0.543. The Morgan fingerprint density at radius 3 is 2.90 bits per heavy atom. The Kier molecular flexibility index (Phi) is 5.21. The van der Waals surface area contributed by atoms with Gasteiger partial charge in [0.1, 0.15) is 11.5 Å². The van der Waals surface area contributed by atoms with Crippen LogP contribution in [0.15, 0.2) is 25.5 Å². The molecule has 0 saturated heterocycles. The van der Waals surface area contributed by atoms with Crippen molar-refractivity contribution < 1.29 is 4.74 Å². The molecule has 0 amide bonds. The van der Waals surface area contributed by atoms with E-state index < -0.39 is 11.2 Å². The molecule has 2 aromatic heterocycles. The number of halogens is 1. The molecule has 0 fully saturated rings. The number of nitrogen functional groups attached to an aromatic ring is 1. The van der Waals surface area contributed by atoms with Crippen LogP contribution in [0.25, 0.3) is 0 Å². The van der Waals surface area contributed by atoms with E-state index in [4.69, 9.17) is 10.5 Å². The number of rotatable bonds is 6. The van der Waals surface area contributed by atoms with Gasteiger partial charge in [-0.25, -0.2) is 4.79 Å². The third-order valence-electron chi connectivity index (χ3n) is 2.82. The minimum absolute atomic E-state index is 0.108. The van der Waals surface area contributed by atoms with Crippen molar-refractivity contribution in [3.63, 3.8) is 0 Å². The largest absolute Gasteiger partial charge is 0.383 e. The molecule has 0 aliphatic carbocycles. The van der Waals surface area contributed by atoms with Gasteiger partial charge in [0.05, 0.1) is 13.2 Å². The van der Waals surface area contributed by atoms with E-state index in [1.807, 2.05) is 11.4 Å². The molecule has 0 saturated carbocycles. The lowest BCUT2D eigenvalue weighted by atomic mass is 10.4. The monoisotopic (exact) mass is 374 g/mol. The summed E-state index contributed by atoms with van der Waals surface area (Å²) in [6, 6.07) is 1.95. The lowest BCUT2D eigenvalue weighted by Crippen LogP contribution is -2.34. The van der Waals surface area contributed by atoms with E-state index in [1.165, 1.54) is 11.7 Å². The molecule has 2 heterocycles. The SMILES string of the molecule is COCCn1c(N)c(NCc2cc(Br)cs2)c(=O)[nH]c1=O. The molecule has 21 heavy (non-hydrogen) atoms. The molecule has 0 aliphatic rings. The quantitative estimate of drug-likeness (QED) is 0.704. The van der Waals surface area contributed by atoms with Gasteiger partial charge in [-0.1, -0.05) is 0 Å². The van der Waals surface area contributed by atoms with Gasteiger partial charge in [-0.2, -0.15) is 0 Å². The van der Waals surface area contributed by atoms with Crippen LogP contribution in [0.3, 0.4) is 0 Å². The summed E-state index contributed by atoms with van der Waals surface area (Å²) in [5.74, 6) is 0.108. The molecule has 2 rings (SSSR count). The number of nitrogens with one attached hydrogen (secondary N) is 2. The summed E-state index contributed by atoms with van der Waals surface area (Å²) in [6.07, 6.45) is 0. The zero-order valence-electron chi connectivity index (χ0n) is 11.3. The summed E-state index contributed by atoms with van der Waals surface area (Å²) in [4.78, 5) is 26.9. The maximum atomic E-state index is 11.9. The van der Waals surface area contributed by atoms with Crippen molar-refractivity contribution in [2.45, 2.75) is 13.1 Å². The zero-order valence-corrected chi connectivity index (χ0v) is 13.7. The van der Waals surface area contributed by atoms with Crippen LogP contribution >= 0.6 is 27.3 Å². The molecule has 0 aromatic carbocycles. The number of aromatic nitrogens is 2. The van der Waals surface area contributed by atoms with Gasteiger partial charge in [0, 0.05) is 28.4 Å². The van der Waals surface area contributed by atoms with Crippen LogP contribution in [0.2, 0.25) is 0 Å². The normalized spacial score (nSPS) is 10.8. The van der Waals surface area contributed by atoms with Crippen LogP contribution in [-0.4, -0.2) is 23.3 Å². The van der Waals surface area contributed by atoms with Gasteiger partial charge in [-0.3, -0.25) is 14.3 Å². The molecule has 0 bridgehead atoms. The van der Waals surface area contributed by atoms with Gasteiger partial charge in [-0.05, 0) is 22.0 Å². The zero-order chi connectivity index (χ0) is 15.4. The van der Waals surface area contributed by atoms with E-state index in [-0.39, 0.29) is 18.1 Å². The van der Waals surface area contributed by atoms with E-state index in [2.05, 4.69) is 26.2 Å². The highest BCUT2D eigenvalue weighted by Gasteiger charge is 2.12. The fourth-order valence-electron chi connectivity index (χ4n) is 1.79. The average Bonchev–Trinajstić information content (AvgIpc) is 2.84. The molecule has 9 heteroatoms. The highest BCUT2D eigenvalue weighted by Crippen LogP contribution is 2.21. The predicted octanol–water partition coefficient (Wildman–Crippen LogP) is 1.20. The van der Waals surface area contributed by atoms with Crippen molar-refractivity contribution in [2.24, 2.45) is 0 Å². The van der Waals surface area contributed by atoms with Crippen molar-refractivity contribution in [3.8, 4) is 0 Å². The number of nitrogens with two attached hydrogens (primary N) is 1. The van der Waals surface area contributed by atoms with Crippen molar-refractivity contribution in [2.75, 3.05) is 24.8 Å². The number of hydrogen-bond acceptors (Lipinski definition) is 6. The van der Waals surface area contributed by atoms with Crippen LogP contribution in [-0.2, 0) is 17.8 Å². The Labute approximate surface area is 132 Å². The number of hydrogen-bond donors (Lipinski definition) is 3. The van der Waals surface area contributed by atoms with Crippen molar-refractivity contribution in [1.29, 1.82) is 0 Å². The Hall–Kier alpha value is -1.58. The number of nitrogens with zero attached hydrogens (tertiary/aromatic N) is 1. The van der Waals surface area contributed by atoms with E-state index in [0.29, 0.717) is 13.2 Å². The van der Waals surface area contributed by atoms with E-state index >= 15 is 0 Å². The van der Waals surface area contributed by atoms with Gasteiger partial charge in [0.15, 0.2) is 0 Å². The molecule has 0 radical (unpaired) electrons. The summed E-state index contributed by atoms with van der Waals surface area (Å²) in [7, 11) is 1.53. The van der Waals surface area contributed by atoms with E-state index in [1.54, 1.807) is 11.3 Å². The molecular formula is C12H15BrN4O3S. The minimum Gasteiger partial charge on any atom is -0.383 e. The Bertz CT molecular complexity index is 737. The Morgan fingerprint density at radius 2 is 2.29 bits per heavy atom. The number of anilines is 2. The van der Waals surface area contributed by atoms with Crippen LogP contribution in [0.1, 0.15) is 4.88 Å². The van der Waals surface area contributed by atoms with Crippen molar-refractivity contribution in [3.05, 3.63) is 41.6 Å². The summed E-state index contributed by atoms with van der Waals surface area (Å²) < 4.78 is 7.18. The second kappa shape index (κ2) is 6.92. The van der Waals surface area contributed by atoms with Crippen LogP contribution in [0, 0.1) is 0 Å². The lowest BCUT2D eigenvalue weighted by Gasteiger charge is -2.13. The van der Waals surface area contributed by atoms with Crippen molar-refractivity contribution in [1.82, 2.24) is 9.55 Å². The van der Waals surface area contributed by atoms with Gasteiger partial charge in [0.25, 0.3) is 5.56 Å². The molecular weight excluding hydrogens is 360 g/mol. The smallest absolute Gasteiger partial charge is 0.330 e. The molecule has 0 spiro atoms. The Balaban J connectivity index is 2.26. The molecule has 2 aromatic rings. The fraction of sp³-hybridized carbons (Fsp3) is 0.333. The van der Waals surface area contributed by atoms with Crippen LogP contribution in [0.5, 0.6) is 0 Å². The van der Waals surface area contributed by atoms with Gasteiger partial charge >= 0.3 is 5.69 Å². The molecule has 4 N–H and O–H groups in total. The highest BCUT2D eigenvalue weighted by atomic mass is 79.9. The number of ether oxygens (including phenoxy) is 1. The number of thiophene rings is 1. The third kappa shape index (κ3) is 3.74. The molecule has 0 unspecified atom stereocenters. The molecule has 7 nitrogen and oxygen atoms in total. The standard InChI is InChI=1S/C12H15BrN4O3S/c1-20-3-2-17-10(14)9(11(18)16-12(17)19)15-5-8-4-7(13)6-21-8/h4,6,15H,2-3,5,14H2,1H3,(H,16,18,19). The van der Waals surface area contributed by atoms with E-state index in [0.717, 1.165) is 9.35 Å². The number of methoxy groups -OCH3 is 1. The molecule has 114 valence electrons. The topological polar surface area (TPSA) is 102 Å². The summed E-state index contributed by atoms with van der Waals surface area (Å²) in [5.41, 5.74) is 5.04.